The Labute approximate surface area is 129 Å². The first-order valence-corrected chi connectivity index (χ1v) is 7.43. The molecule has 2 unspecified atom stereocenters. The predicted octanol–water partition coefficient (Wildman–Crippen LogP) is 2.27. The van der Waals surface area contributed by atoms with Gasteiger partial charge in [0.05, 0.1) is 29.8 Å². The van der Waals surface area contributed by atoms with Crippen molar-refractivity contribution in [2.45, 2.75) is 25.5 Å². The standard InChI is InChI=1S/C15H22ClN3O2/c1-10(17-7-6-12(20)9-21-3)15-18-13-8-11(16)4-5-14(13)19(15)2/h4-5,8,10,12,17,20H,6-7,9H2,1-3H3. The molecule has 2 aromatic rings. The maximum absolute atomic E-state index is 9.63. The van der Waals surface area contributed by atoms with Crippen molar-refractivity contribution in [3.63, 3.8) is 0 Å². The third kappa shape index (κ3) is 3.95. The predicted molar refractivity (Wildman–Crippen MR) is 84.6 cm³/mol. The highest BCUT2D eigenvalue weighted by molar-refractivity contribution is 6.31. The Kier molecular flexibility index (Phi) is 5.58. The van der Waals surface area contributed by atoms with Gasteiger partial charge < -0.3 is 19.7 Å². The summed E-state index contributed by atoms with van der Waals surface area (Å²) in [6.45, 7) is 3.13. The van der Waals surface area contributed by atoms with Crippen LogP contribution in [-0.4, -0.2) is 41.0 Å². The van der Waals surface area contributed by atoms with Crippen LogP contribution in [0.3, 0.4) is 0 Å². The first-order valence-electron chi connectivity index (χ1n) is 7.05. The maximum atomic E-state index is 9.63. The van der Waals surface area contributed by atoms with E-state index in [0.29, 0.717) is 24.6 Å². The lowest BCUT2D eigenvalue weighted by molar-refractivity contribution is 0.0590. The van der Waals surface area contributed by atoms with Gasteiger partial charge in [-0.3, -0.25) is 0 Å². The summed E-state index contributed by atoms with van der Waals surface area (Å²) in [4.78, 5) is 4.64. The molecule has 0 amide bonds. The topological polar surface area (TPSA) is 59.3 Å². The summed E-state index contributed by atoms with van der Waals surface area (Å²) in [6.07, 6.45) is 0.211. The van der Waals surface area contributed by atoms with Crippen LogP contribution in [0.4, 0.5) is 0 Å². The molecule has 1 heterocycles. The Morgan fingerprint density at radius 2 is 2.24 bits per heavy atom. The van der Waals surface area contributed by atoms with Crippen molar-refractivity contribution < 1.29 is 9.84 Å². The van der Waals surface area contributed by atoms with E-state index in [1.54, 1.807) is 7.11 Å². The number of nitrogens with zero attached hydrogens (tertiary/aromatic N) is 2. The second-order valence-electron chi connectivity index (χ2n) is 5.24. The van der Waals surface area contributed by atoms with Gasteiger partial charge in [0.2, 0.25) is 0 Å². The number of imidazole rings is 1. The fraction of sp³-hybridized carbons (Fsp3) is 0.533. The molecule has 0 fully saturated rings. The molecule has 0 bridgehead atoms. The first kappa shape index (κ1) is 16.2. The second-order valence-corrected chi connectivity index (χ2v) is 5.67. The summed E-state index contributed by atoms with van der Waals surface area (Å²) in [5.41, 5.74) is 1.95. The Bertz CT molecular complexity index is 600. The summed E-state index contributed by atoms with van der Waals surface area (Å²) in [5, 5.41) is 13.7. The number of benzene rings is 1. The Hall–Kier alpha value is -1.14. The smallest absolute Gasteiger partial charge is 0.126 e. The van der Waals surface area contributed by atoms with Crippen LogP contribution >= 0.6 is 11.6 Å². The molecular formula is C15H22ClN3O2. The number of ether oxygens (including phenoxy) is 1. The Morgan fingerprint density at radius 3 is 2.95 bits per heavy atom. The van der Waals surface area contributed by atoms with Crippen molar-refractivity contribution in [1.82, 2.24) is 14.9 Å². The van der Waals surface area contributed by atoms with E-state index in [0.717, 1.165) is 16.9 Å². The molecule has 2 rings (SSSR count). The maximum Gasteiger partial charge on any atom is 0.126 e. The van der Waals surface area contributed by atoms with Crippen molar-refractivity contribution in [3.05, 3.63) is 29.0 Å². The number of halogens is 1. The van der Waals surface area contributed by atoms with Crippen LogP contribution in [0.25, 0.3) is 11.0 Å². The zero-order valence-corrected chi connectivity index (χ0v) is 13.4. The largest absolute Gasteiger partial charge is 0.391 e. The number of aliphatic hydroxyl groups is 1. The summed E-state index contributed by atoms with van der Waals surface area (Å²) in [6, 6.07) is 5.81. The van der Waals surface area contributed by atoms with E-state index < -0.39 is 6.10 Å². The molecule has 0 saturated heterocycles. The second kappa shape index (κ2) is 7.22. The molecule has 0 radical (unpaired) electrons. The molecule has 6 heteroatoms. The van der Waals surface area contributed by atoms with Crippen molar-refractivity contribution in [2.24, 2.45) is 7.05 Å². The summed E-state index contributed by atoms with van der Waals surface area (Å²) in [7, 11) is 3.58. The quantitative estimate of drug-likeness (QED) is 0.823. The number of rotatable bonds is 7. The van der Waals surface area contributed by atoms with E-state index in [1.165, 1.54) is 0 Å². The molecule has 21 heavy (non-hydrogen) atoms. The Morgan fingerprint density at radius 1 is 1.48 bits per heavy atom. The van der Waals surface area contributed by atoms with E-state index in [2.05, 4.69) is 21.8 Å². The zero-order chi connectivity index (χ0) is 15.4. The molecule has 0 saturated carbocycles. The van der Waals surface area contributed by atoms with Crippen LogP contribution in [0.2, 0.25) is 5.02 Å². The molecular weight excluding hydrogens is 290 g/mol. The minimum absolute atomic E-state index is 0.0934. The third-order valence-corrected chi connectivity index (χ3v) is 3.79. The van der Waals surface area contributed by atoms with Crippen LogP contribution in [0.15, 0.2) is 18.2 Å². The highest BCUT2D eigenvalue weighted by Gasteiger charge is 2.14. The van der Waals surface area contributed by atoms with E-state index in [9.17, 15) is 5.11 Å². The molecule has 0 aliphatic carbocycles. The number of aryl methyl sites for hydroxylation is 1. The van der Waals surface area contributed by atoms with E-state index in [-0.39, 0.29) is 6.04 Å². The van der Waals surface area contributed by atoms with Crippen LogP contribution < -0.4 is 5.32 Å². The number of methoxy groups -OCH3 is 1. The molecule has 0 aliphatic heterocycles. The van der Waals surface area contributed by atoms with E-state index in [1.807, 2.05) is 25.2 Å². The van der Waals surface area contributed by atoms with Crippen LogP contribution in [0.1, 0.15) is 25.2 Å². The first-order chi connectivity index (χ1) is 10.0. The van der Waals surface area contributed by atoms with Crippen molar-refractivity contribution >= 4 is 22.6 Å². The van der Waals surface area contributed by atoms with Gasteiger partial charge in [-0.05, 0) is 38.1 Å². The van der Waals surface area contributed by atoms with E-state index >= 15 is 0 Å². The van der Waals surface area contributed by atoms with Gasteiger partial charge in [-0.2, -0.15) is 0 Å². The summed E-state index contributed by atoms with van der Waals surface area (Å²) < 4.78 is 6.97. The Balaban J connectivity index is 2.02. The van der Waals surface area contributed by atoms with E-state index in [4.69, 9.17) is 16.3 Å². The van der Waals surface area contributed by atoms with Gasteiger partial charge in [-0.1, -0.05) is 11.6 Å². The van der Waals surface area contributed by atoms with Gasteiger partial charge in [0, 0.05) is 19.2 Å². The SMILES string of the molecule is COCC(O)CCNC(C)c1nc2cc(Cl)ccc2n1C. The van der Waals surface area contributed by atoms with Crippen molar-refractivity contribution in [3.8, 4) is 0 Å². The van der Waals surface area contributed by atoms with Gasteiger partial charge in [0.1, 0.15) is 5.82 Å². The minimum Gasteiger partial charge on any atom is -0.391 e. The average Bonchev–Trinajstić information content (AvgIpc) is 2.75. The van der Waals surface area contributed by atoms with Crippen molar-refractivity contribution in [1.29, 1.82) is 0 Å². The number of nitrogens with one attached hydrogen (secondary N) is 1. The lowest BCUT2D eigenvalue weighted by Gasteiger charge is -2.15. The lowest BCUT2D eigenvalue weighted by atomic mass is 10.2. The molecule has 2 atom stereocenters. The normalized spacial score (nSPS) is 14.5. The summed E-state index contributed by atoms with van der Waals surface area (Å²) in [5.74, 6) is 0.952. The number of aromatic nitrogens is 2. The van der Waals surface area contributed by atoms with Crippen LogP contribution in [0.5, 0.6) is 0 Å². The number of hydrogen-bond acceptors (Lipinski definition) is 4. The number of hydrogen-bond donors (Lipinski definition) is 2. The van der Waals surface area contributed by atoms with Crippen LogP contribution in [-0.2, 0) is 11.8 Å². The van der Waals surface area contributed by atoms with Gasteiger partial charge in [-0.25, -0.2) is 4.98 Å². The fourth-order valence-electron chi connectivity index (χ4n) is 2.41. The minimum atomic E-state index is -0.436. The fourth-order valence-corrected chi connectivity index (χ4v) is 2.58. The molecule has 0 aliphatic rings. The average molecular weight is 312 g/mol. The highest BCUT2D eigenvalue weighted by Crippen LogP contribution is 2.22. The third-order valence-electron chi connectivity index (χ3n) is 3.55. The van der Waals surface area contributed by atoms with Gasteiger partial charge in [-0.15, -0.1) is 0 Å². The molecule has 2 N–H and O–H groups in total. The van der Waals surface area contributed by atoms with Gasteiger partial charge in [0.25, 0.3) is 0 Å². The molecule has 1 aromatic carbocycles. The highest BCUT2D eigenvalue weighted by atomic mass is 35.5. The lowest BCUT2D eigenvalue weighted by Crippen LogP contribution is -2.26. The zero-order valence-electron chi connectivity index (χ0n) is 12.6. The van der Waals surface area contributed by atoms with Crippen molar-refractivity contribution in [2.75, 3.05) is 20.3 Å². The molecule has 5 nitrogen and oxygen atoms in total. The monoisotopic (exact) mass is 311 g/mol. The number of aliphatic hydroxyl groups excluding tert-OH is 1. The van der Waals surface area contributed by atoms with Crippen LogP contribution in [0, 0.1) is 0 Å². The van der Waals surface area contributed by atoms with Gasteiger partial charge >= 0.3 is 0 Å². The number of fused-ring (bicyclic) bond motifs is 1. The molecule has 0 spiro atoms. The summed E-state index contributed by atoms with van der Waals surface area (Å²) >= 11 is 6.00. The molecule has 116 valence electrons. The van der Waals surface area contributed by atoms with Gasteiger partial charge in [0.15, 0.2) is 0 Å². The molecule has 1 aromatic heterocycles.